The van der Waals surface area contributed by atoms with Crippen molar-refractivity contribution in [3.8, 4) is 0 Å². The number of unbranched alkanes of at least 4 members (excludes halogenated alkanes) is 2. The van der Waals surface area contributed by atoms with Crippen LogP contribution < -0.4 is 10.6 Å². The van der Waals surface area contributed by atoms with Crippen LogP contribution in [-0.2, 0) is 19.1 Å². The lowest BCUT2D eigenvalue weighted by molar-refractivity contribution is -0.147. The molecule has 1 heterocycles. The molecule has 1 aliphatic heterocycles. The van der Waals surface area contributed by atoms with Gasteiger partial charge in [0.05, 0.1) is 25.7 Å². The Labute approximate surface area is 186 Å². The van der Waals surface area contributed by atoms with E-state index in [0.717, 1.165) is 19.3 Å². The topological polar surface area (TPSA) is 114 Å². The number of nitrogens with one attached hydrogen (secondary N) is 2. The van der Waals surface area contributed by atoms with Gasteiger partial charge in [-0.25, -0.2) is 4.79 Å². The van der Waals surface area contributed by atoms with Crippen LogP contribution in [0.1, 0.15) is 53.3 Å². The number of piperazine rings is 1. The third-order valence-corrected chi connectivity index (χ3v) is 5.07. The molecule has 9 nitrogen and oxygen atoms in total. The van der Waals surface area contributed by atoms with Crippen LogP contribution in [-0.4, -0.2) is 66.6 Å². The third-order valence-electron chi connectivity index (χ3n) is 4.73. The number of benzene rings is 1. The summed E-state index contributed by atoms with van der Waals surface area (Å²) in [5.41, 5.74) is 0.431. The molecule has 2 amide bonds. The zero-order chi connectivity index (χ0) is 22.8. The van der Waals surface area contributed by atoms with Crippen molar-refractivity contribution in [2.24, 2.45) is 0 Å². The van der Waals surface area contributed by atoms with E-state index in [1.807, 2.05) is 6.92 Å². The Bertz CT molecular complexity index is 844. The van der Waals surface area contributed by atoms with Gasteiger partial charge in [-0.2, -0.15) is 0 Å². The summed E-state index contributed by atoms with van der Waals surface area (Å²) in [6.07, 6.45) is 2.55. The van der Waals surface area contributed by atoms with E-state index < -0.39 is 23.9 Å². The summed E-state index contributed by atoms with van der Waals surface area (Å²) >= 11 is 5.33. The van der Waals surface area contributed by atoms with Gasteiger partial charge < -0.3 is 19.7 Å². The van der Waals surface area contributed by atoms with Crippen LogP contribution in [0.5, 0.6) is 0 Å². The van der Waals surface area contributed by atoms with Crippen molar-refractivity contribution in [3.63, 3.8) is 0 Å². The molecule has 1 aromatic carbocycles. The van der Waals surface area contributed by atoms with E-state index in [-0.39, 0.29) is 28.6 Å². The van der Waals surface area contributed by atoms with E-state index >= 15 is 0 Å². The first-order valence-electron chi connectivity index (χ1n) is 10.1. The molecule has 10 heteroatoms. The molecule has 0 aromatic heterocycles. The maximum absolute atomic E-state index is 12.6. The molecule has 0 spiro atoms. The predicted molar refractivity (Wildman–Crippen MR) is 116 cm³/mol. The molecule has 1 fully saturated rings. The minimum absolute atomic E-state index is 0.0205. The second-order valence-electron chi connectivity index (χ2n) is 6.96. The SMILES string of the molecule is CCCCCOC(=O)CC1C(=O)NCCN1C(=S)NC(=O)c1cccc(C(=O)OC)c1. The highest BCUT2D eigenvalue weighted by Gasteiger charge is 2.34. The molecule has 0 radical (unpaired) electrons. The highest BCUT2D eigenvalue weighted by Crippen LogP contribution is 2.12. The summed E-state index contributed by atoms with van der Waals surface area (Å²) in [5, 5.41) is 5.29. The van der Waals surface area contributed by atoms with Crippen LogP contribution in [0.4, 0.5) is 0 Å². The van der Waals surface area contributed by atoms with Crippen LogP contribution in [0.2, 0.25) is 0 Å². The fourth-order valence-electron chi connectivity index (χ4n) is 3.06. The Balaban J connectivity index is 2.02. The fraction of sp³-hybridized carbons (Fsp3) is 0.476. The fourth-order valence-corrected chi connectivity index (χ4v) is 3.37. The smallest absolute Gasteiger partial charge is 0.337 e. The van der Waals surface area contributed by atoms with Gasteiger partial charge >= 0.3 is 11.9 Å². The number of rotatable bonds is 8. The Morgan fingerprint density at radius 1 is 1.26 bits per heavy atom. The van der Waals surface area contributed by atoms with E-state index in [1.54, 1.807) is 6.07 Å². The van der Waals surface area contributed by atoms with Crippen LogP contribution >= 0.6 is 12.2 Å². The van der Waals surface area contributed by atoms with Gasteiger partial charge in [-0.15, -0.1) is 0 Å². The standard InChI is InChI=1S/C21H27N3O6S/c1-3-4-5-11-30-17(25)13-16-19(27)22-9-10-24(16)21(31)23-18(26)14-7-6-8-15(12-14)20(28)29-2/h6-8,12,16H,3-5,9-11,13H2,1-2H3,(H,22,27)(H,23,26,31). The van der Waals surface area contributed by atoms with Crippen molar-refractivity contribution in [2.75, 3.05) is 26.8 Å². The average Bonchev–Trinajstić information content (AvgIpc) is 2.77. The second kappa shape index (κ2) is 12.0. The van der Waals surface area contributed by atoms with Gasteiger partial charge in [0, 0.05) is 18.7 Å². The first kappa shape index (κ1) is 24.3. The number of thiocarbonyl (C=S) groups is 1. The van der Waals surface area contributed by atoms with Crippen LogP contribution in [0.3, 0.4) is 0 Å². The number of nitrogens with zero attached hydrogens (tertiary/aromatic N) is 1. The second-order valence-corrected chi connectivity index (χ2v) is 7.35. The molecule has 31 heavy (non-hydrogen) atoms. The van der Waals surface area contributed by atoms with Crippen molar-refractivity contribution in [2.45, 2.75) is 38.6 Å². The monoisotopic (exact) mass is 449 g/mol. The number of hydrogen-bond acceptors (Lipinski definition) is 7. The molecule has 2 N–H and O–H groups in total. The largest absolute Gasteiger partial charge is 0.466 e. The Hall–Kier alpha value is -3.01. The minimum Gasteiger partial charge on any atom is -0.466 e. The van der Waals surface area contributed by atoms with E-state index in [4.69, 9.17) is 17.0 Å². The van der Waals surface area contributed by atoms with Crippen molar-refractivity contribution < 1.29 is 28.7 Å². The molecule has 1 aromatic rings. The molecule has 0 saturated carbocycles. The lowest BCUT2D eigenvalue weighted by Gasteiger charge is -2.36. The summed E-state index contributed by atoms with van der Waals surface area (Å²) in [6.45, 7) is 3.02. The lowest BCUT2D eigenvalue weighted by Crippen LogP contribution is -2.60. The molecule has 2 rings (SSSR count). The first-order chi connectivity index (χ1) is 14.9. The van der Waals surface area contributed by atoms with Crippen LogP contribution in [0.15, 0.2) is 24.3 Å². The number of hydrogen-bond donors (Lipinski definition) is 2. The maximum Gasteiger partial charge on any atom is 0.337 e. The van der Waals surface area contributed by atoms with Crippen LogP contribution in [0, 0.1) is 0 Å². The predicted octanol–water partition coefficient (Wildman–Crippen LogP) is 1.41. The summed E-state index contributed by atoms with van der Waals surface area (Å²) in [5.74, 6) is -1.96. The summed E-state index contributed by atoms with van der Waals surface area (Å²) in [4.78, 5) is 50.3. The van der Waals surface area contributed by atoms with Crippen molar-refractivity contribution in [1.29, 1.82) is 0 Å². The zero-order valence-electron chi connectivity index (χ0n) is 17.6. The number of amides is 2. The van der Waals surface area contributed by atoms with Gasteiger partial charge in [0.2, 0.25) is 5.91 Å². The van der Waals surface area contributed by atoms with Gasteiger partial charge in [-0.1, -0.05) is 25.8 Å². The molecule has 1 unspecified atom stereocenters. The summed E-state index contributed by atoms with van der Waals surface area (Å²) in [7, 11) is 1.25. The molecular weight excluding hydrogens is 422 g/mol. The normalized spacial score (nSPS) is 15.6. The van der Waals surface area contributed by atoms with Crippen molar-refractivity contribution >= 4 is 41.1 Å². The zero-order valence-corrected chi connectivity index (χ0v) is 18.5. The van der Waals surface area contributed by atoms with Crippen LogP contribution in [0.25, 0.3) is 0 Å². The lowest BCUT2D eigenvalue weighted by atomic mass is 10.1. The third kappa shape index (κ3) is 7.02. The number of methoxy groups -OCH3 is 1. The van der Waals surface area contributed by atoms with E-state index in [1.165, 1.54) is 30.2 Å². The number of carbonyl (C=O) groups excluding carboxylic acids is 4. The van der Waals surface area contributed by atoms with Gasteiger partial charge in [-0.3, -0.25) is 19.7 Å². The van der Waals surface area contributed by atoms with Gasteiger partial charge in [0.1, 0.15) is 6.04 Å². The van der Waals surface area contributed by atoms with Gasteiger partial charge in [0.15, 0.2) is 5.11 Å². The van der Waals surface area contributed by atoms with Crippen molar-refractivity contribution in [1.82, 2.24) is 15.5 Å². The highest BCUT2D eigenvalue weighted by molar-refractivity contribution is 7.80. The molecule has 1 aliphatic rings. The molecular formula is C21H27N3O6S. The quantitative estimate of drug-likeness (QED) is 0.348. The average molecular weight is 450 g/mol. The molecule has 1 saturated heterocycles. The van der Waals surface area contributed by atoms with E-state index in [9.17, 15) is 19.2 Å². The Morgan fingerprint density at radius 2 is 2.00 bits per heavy atom. The highest BCUT2D eigenvalue weighted by atomic mass is 32.1. The number of esters is 2. The number of ether oxygens (including phenoxy) is 2. The first-order valence-corrected chi connectivity index (χ1v) is 10.5. The number of carbonyl (C=O) groups is 4. The Kier molecular flexibility index (Phi) is 9.39. The van der Waals surface area contributed by atoms with E-state index in [0.29, 0.717) is 19.7 Å². The van der Waals surface area contributed by atoms with Crippen molar-refractivity contribution in [3.05, 3.63) is 35.4 Å². The molecule has 0 aliphatic carbocycles. The van der Waals surface area contributed by atoms with E-state index in [2.05, 4.69) is 15.4 Å². The van der Waals surface area contributed by atoms with Gasteiger partial charge in [-0.05, 0) is 36.8 Å². The summed E-state index contributed by atoms with van der Waals surface area (Å²) in [6, 6.07) is 5.12. The summed E-state index contributed by atoms with van der Waals surface area (Å²) < 4.78 is 9.86. The minimum atomic E-state index is -0.873. The maximum atomic E-state index is 12.6. The van der Waals surface area contributed by atoms with Gasteiger partial charge in [0.25, 0.3) is 5.91 Å². The Morgan fingerprint density at radius 3 is 2.71 bits per heavy atom. The molecule has 168 valence electrons. The molecule has 1 atom stereocenters. The molecule has 0 bridgehead atoms.